The molecule has 2 aromatic carbocycles. The molecule has 0 fully saturated rings. The van der Waals surface area contributed by atoms with Gasteiger partial charge in [0.1, 0.15) is 6.04 Å². The Morgan fingerprint density at radius 1 is 1.14 bits per heavy atom. The van der Waals surface area contributed by atoms with Gasteiger partial charge in [0.15, 0.2) is 0 Å². The lowest BCUT2D eigenvalue weighted by molar-refractivity contribution is -0.123. The van der Waals surface area contributed by atoms with E-state index < -0.39 is 0 Å². The second-order valence-electron chi connectivity index (χ2n) is 5.92. The van der Waals surface area contributed by atoms with Crippen LogP contribution in [0.2, 0.25) is 0 Å². The molecule has 0 aromatic heterocycles. The average Bonchev–Trinajstić information content (AvgIpc) is 2.44. The van der Waals surface area contributed by atoms with Crippen molar-refractivity contribution in [3.8, 4) is 0 Å². The van der Waals surface area contributed by atoms with Gasteiger partial charge in [-0.1, -0.05) is 42.5 Å². The number of rotatable bonds is 3. The summed E-state index contributed by atoms with van der Waals surface area (Å²) in [4.78, 5) is 16.7. The third-order valence-electron chi connectivity index (χ3n) is 3.97. The fourth-order valence-corrected chi connectivity index (χ4v) is 3.02. The van der Waals surface area contributed by atoms with E-state index >= 15 is 0 Å². The maximum Gasteiger partial charge on any atom is 0.246 e. The van der Waals surface area contributed by atoms with Crippen LogP contribution in [0.3, 0.4) is 0 Å². The first-order valence-corrected chi connectivity index (χ1v) is 7.40. The molecule has 1 N–H and O–H groups in total. The summed E-state index contributed by atoms with van der Waals surface area (Å²) in [6.07, 6.45) is 0. The summed E-state index contributed by atoms with van der Waals surface area (Å²) >= 11 is 0. The molecule has 0 unspecified atom stereocenters. The molecule has 1 aliphatic rings. The topological polar surface area (TPSA) is 41.5 Å². The molecule has 3 nitrogen and oxygen atoms in total. The number of nitrogens with one attached hydrogen (secondary N) is 1. The summed E-state index contributed by atoms with van der Waals surface area (Å²) in [6, 6.07) is 14.4. The Morgan fingerprint density at radius 3 is 2.57 bits per heavy atom. The molecule has 0 radical (unpaired) electrons. The van der Waals surface area contributed by atoms with Crippen molar-refractivity contribution in [2.24, 2.45) is 4.99 Å². The van der Waals surface area contributed by atoms with Gasteiger partial charge in [0.25, 0.3) is 0 Å². The van der Waals surface area contributed by atoms with Gasteiger partial charge in [0.05, 0.1) is 5.92 Å². The highest BCUT2D eigenvalue weighted by molar-refractivity contribution is 6.06. The zero-order chi connectivity index (χ0) is 15.0. The van der Waals surface area contributed by atoms with Crippen molar-refractivity contribution in [2.45, 2.75) is 38.8 Å². The number of benzene rings is 2. The summed E-state index contributed by atoms with van der Waals surface area (Å²) in [7, 11) is 0. The number of aliphatic imine (C=N–C) groups is 1. The summed E-state index contributed by atoms with van der Waals surface area (Å²) in [5, 5.41) is 5.38. The van der Waals surface area contributed by atoms with Crippen molar-refractivity contribution in [3.05, 3.63) is 48.0 Å². The van der Waals surface area contributed by atoms with E-state index in [2.05, 4.69) is 40.6 Å². The molecular formula is C18H20N2O. The number of carbonyl (C=O) groups is 1. The molecule has 1 amide bonds. The van der Waals surface area contributed by atoms with Crippen LogP contribution < -0.4 is 5.32 Å². The van der Waals surface area contributed by atoms with E-state index in [4.69, 9.17) is 0 Å². The van der Waals surface area contributed by atoms with E-state index in [0.29, 0.717) is 0 Å². The van der Waals surface area contributed by atoms with E-state index in [1.807, 2.05) is 32.9 Å². The number of hydrogen-bond donors (Lipinski definition) is 1. The number of amides is 1. The Bertz CT molecular complexity index is 713. The normalized spacial score (nSPS) is 21.0. The fourth-order valence-electron chi connectivity index (χ4n) is 3.02. The Hall–Kier alpha value is -2.16. The lowest BCUT2D eigenvalue weighted by Crippen LogP contribution is -2.47. The highest BCUT2D eigenvalue weighted by atomic mass is 16.2. The van der Waals surface area contributed by atoms with E-state index in [1.54, 1.807) is 0 Å². The lowest BCUT2D eigenvalue weighted by atomic mass is 9.80. The minimum Gasteiger partial charge on any atom is -0.352 e. The van der Waals surface area contributed by atoms with Gasteiger partial charge in [-0.25, -0.2) is 0 Å². The second kappa shape index (κ2) is 5.32. The summed E-state index contributed by atoms with van der Waals surface area (Å²) in [5.41, 5.74) is 2.24. The lowest BCUT2D eigenvalue weighted by Gasteiger charge is -2.33. The molecule has 21 heavy (non-hydrogen) atoms. The molecule has 3 rings (SSSR count). The van der Waals surface area contributed by atoms with Crippen molar-refractivity contribution in [1.29, 1.82) is 0 Å². The minimum absolute atomic E-state index is 0.0218. The van der Waals surface area contributed by atoms with E-state index in [1.165, 1.54) is 16.3 Å². The monoisotopic (exact) mass is 280 g/mol. The molecule has 0 saturated carbocycles. The molecule has 0 bridgehead atoms. The third-order valence-corrected chi connectivity index (χ3v) is 3.97. The molecule has 2 atom stereocenters. The van der Waals surface area contributed by atoms with Crippen LogP contribution in [0.4, 0.5) is 0 Å². The van der Waals surface area contributed by atoms with Gasteiger partial charge < -0.3 is 5.32 Å². The quantitative estimate of drug-likeness (QED) is 0.921. The third kappa shape index (κ3) is 2.44. The van der Waals surface area contributed by atoms with Crippen molar-refractivity contribution in [1.82, 2.24) is 5.32 Å². The van der Waals surface area contributed by atoms with Crippen LogP contribution in [0.25, 0.3) is 10.8 Å². The summed E-state index contributed by atoms with van der Waals surface area (Å²) in [6.45, 7) is 5.95. The summed E-state index contributed by atoms with van der Waals surface area (Å²) < 4.78 is 0. The Balaban J connectivity index is 1.99. The first-order chi connectivity index (χ1) is 10.1. The highest BCUT2D eigenvalue weighted by Crippen LogP contribution is 2.36. The van der Waals surface area contributed by atoms with Crippen LogP contribution in [0.5, 0.6) is 0 Å². The van der Waals surface area contributed by atoms with Gasteiger partial charge in [-0.05, 0) is 37.1 Å². The van der Waals surface area contributed by atoms with Gasteiger partial charge in [-0.3, -0.25) is 9.79 Å². The van der Waals surface area contributed by atoms with Gasteiger partial charge >= 0.3 is 0 Å². The number of carbonyl (C=O) groups excluding carboxylic acids is 1. The van der Waals surface area contributed by atoms with E-state index in [-0.39, 0.29) is 23.9 Å². The first kappa shape index (κ1) is 13.8. The number of nitrogens with zero attached hydrogens (tertiary/aromatic N) is 1. The van der Waals surface area contributed by atoms with Crippen LogP contribution >= 0.6 is 0 Å². The Labute approximate surface area is 125 Å². The number of hydrogen-bond acceptors (Lipinski definition) is 2. The average molecular weight is 280 g/mol. The van der Waals surface area contributed by atoms with Crippen molar-refractivity contribution in [2.75, 3.05) is 0 Å². The van der Waals surface area contributed by atoms with Gasteiger partial charge in [-0.2, -0.15) is 0 Å². The zero-order valence-corrected chi connectivity index (χ0v) is 12.6. The Morgan fingerprint density at radius 2 is 1.86 bits per heavy atom. The molecule has 3 heteroatoms. The maximum absolute atomic E-state index is 12.3. The highest BCUT2D eigenvalue weighted by Gasteiger charge is 2.39. The molecule has 0 spiro atoms. The molecule has 1 heterocycles. The van der Waals surface area contributed by atoms with Crippen LogP contribution in [-0.2, 0) is 4.79 Å². The predicted molar refractivity (Wildman–Crippen MR) is 86.9 cm³/mol. The maximum atomic E-state index is 12.3. The Kier molecular flexibility index (Phi) is 3.50. The summed E-state index contributed by atoms with van der Waals surface area (Å²) in [5.74, 6) is 0.114. The van der Waals surface area contributed by atoms with E-state index in [9.17, 15) is 4.79 Å². The molecule has 0 saturated heterocycles. The zero-order valence-electron chi connectivity index (χ0n) is 12.6. The van der Waals surface area contributed by atoms with Gasteiger partial charge in [-0.15, -0.1) is 0 Å². The van der Waals surface area contributed by atoms with Crippen molar-refractivity contribution >= 4 is 22.4 Å². The fraction of sp³-hybridized carbons (Fsp3) is 0.333. The molecule has 0 aliphatic carbocycles. The van der Waals surface area contributed by atoms with Crippen LogP contribution in [0.1, 0.15) is 32.3 Å². The SMILES string of the molecule is CC1=N[C@@H](C(=O)NC(C)C)[C@H]1c1cccc2ccccc12. The molecular weight excluding hydrogens is 260 g/mol. The predicted octanol–water partition coefficient (Wildman–Crippen LogP) is 3.29. The van der Waals surface area contributed by atoms with E-state index in [0.717, 1.165) is 5.71 Å². The molecule has 1 aliphatic heterocycles. The van der Waals surface area contributed by atoms with Crippen LogP contribution in [-0.4, -0.2) is 23.7 Å². The second-order valence-corrected chi connectivity index (χ2v) is 5.92. The van der Waals surface area contributed by atoms with Gasteiger partial charge in [0, 0.05) is 11.8 Å². The molecule has 2 aromatic rings. The number of fused-ring (bicyclic) bond motifs is 1. The van der Waals surface area contributed by atoms with Gasteiger partial charge in [0.2, 0.25) is 5.91 Å². The first-order valence-electron chi connectivity index (χ1n) is 7.40. The smallest absolute Gasteiger partial charge is 0.246 e. The van der Waals surface area contributed by atoms with Crippen molar-refractivity contribution < 1.29 is 4.79 Å². The molecule has 108 valence electrons. The largest absolute Gasteiger partial charge is 0.352 e. The van der Waals surface area contributed by atoms with Crippen molar-refractivity contribution in [3.63, 3.8) is 0 Å². The standard InChI is InChI=1S/C18H20N2O/c1-11(2)19-18(21)17-16(12(3)20-17)15-10-6-8-13-7-4-5-9-14(13)15/h4-11,16-17H,1-3H3,(H,19,21)/t16-,17-/m1/s1. The van der Waals surface area contributed by atoms with Crippen LogP contribution in [0.15, 0.2) is 47.5 Å². The minimum atomic E-state index is -0.293. The van der Waals surface area contributed by atoms with Crippen LogP contribution in [0, 0.1) is 0 Å².